The second-order valence-corrected chi connectivity index (χ2v) is 9.08. The second kappa shape index (κ2) is 10.8. The van der Waals surface area contributed by atoms with Crippen LogP contribution in [0.2, 0.25) is 0 Å². The van der Waals surface area contributed by atoms with Crippen molar-refractivity contribution in [3.05, 3.63) is 53.6 Å². The fraction of sp³-hybridized carbons (Fsp3) is 0.500. The highest BCUT2D eigenvalue weighted by molar-refractivity contribution is 7.94. The molecule has 0 aromatic heterocycles. The molecule has 0 aliphatic carbocycles. The normalized spacial score (nSPS) is 17.2. The summed E-state index contributed by atoms with van der Waals surface area (Å²) >= 11 is 1.40. The third kappa shape index (κ3) is 6.33. The Morgan fingerprint density at radius 2 is 1.84 bits per heavy atom. The molecule has 0 unspecified atom stereocenters. The predicted molar refractivity (Wildman–Crippen MR) is 121 cm³/mol. The summed E-state index contributed by atoms with van der Waals surface area (Å²) in [6.07, 6.45) is -0.128. The fourth-order valence-electron chi connectivity index (χ4n) is 4.09. The summed E-state index contributed by atoms with van der Waals surface area (Å²) in [6, 6.07) is 11.9. The number of ether oxygens (including phenoxy) is 1. The van der Waals surface area contributed by atoms with Gasteiger partial charge in [-0.3, -0.25) is 4.90 Å². The van der Waals surface area contributed by atoms with E-state index in [1.807, 2.05) is 4.90 Å². The molecule has 2 aromatic carbocycles. The average molecular weight is 467 g/mol. The zero-order valence-electron chi connectivity index (χ0n) is 18.1. The van der Waals surface area contributed by atoms with Crippen molar-refractivity contribution in [1.29, 1.82) is 0 Å². The lowest BCUT2D eigenvalue weighted by atomic mass is 10.1. The van der Waals surface area contributed by atoms with Gasteiger partial charge in [-0.2, -0.15) is 13.2 Å². The average Bonchev–Trinajstić information content (AvgIpc) is 2.81. The minimum Gasteiger partial charge on any atom is -0.493 e. The molecule has 4 nitrogen and oxygen atoms in total. The summed E-state index contributed by atoms with van der Waals surface area (Å²) in [5.74, 6) is 0.981. The quantitative estimate of drug-likeness (QED) is 0.370. The molecule has 4 rings (SSSR count). The van der Waals surface area contributed by atoms with E-state index in [1.165, 1.54) is 29.7 Å². The van der Waals surface area contributed by atoms with Crippen LogP contribution in [0.5, 0.6) is 5.75 Å². The Morgan fingerprint density at radius 3 is 2.66 bits per heavy atom. The van der Waals surface area contributed by atoms with Gasteiger partial charge in [0.15, 0.2) is 0 Å². The van der Waals surface area contributed by atoms with Crippen LogP contribution in [0.4, 0.5) is 18.9 Å². The number of alkyl halides is 3. The van der Waals surface area contributed by atoms with Crippen LogP contribution in [0.25, 0.3) is 0 Å². The van der Waals surface area contributed by atoms with Crippen LogP contribution in [0.1, 0.15) is 30.4 Å². The Morgan fingerprint density at radius 1 is 1.00 bits per heavy atom. The molecule has 0 N–H and O–H groups in total. The summed E-state index contributed by atoms with van der Waals surface area (Å²) < 4.78 is 50.3. The molecule has 0 atom stereocenters. The Hall–Kier alpha value is -1.90. The maximum atomic E-state index is 12.9. The molecule has 0 spiro atoms. The maximum absolute atomic E-state index is 12.9. The lowest BCUT2D eigenvalue weighted by Crippen LogP contribution is -2.46. The predicted octanol–water partition coefficient (Wildman–Crippen LogP) is 5.66. The van der Waals surface area contributed by atoms with Gasteiger partial charge in [-0.15, -0.1) is 0 Å². The lowest BCUT2D eigenvalue weighted by molar-refractivity contribution is -0.137. The maximum Gasteiger partial charge on any atom is 0.416 e. The molecule has 0 bridgehead atoms. The van der Waals surface area contributed by atoms with E-state index in [4.69, 9.17) is 8.92 Å². The van der Waals surface area contributed by atoms with Gasteiger partial charge in [-0.05, 0) is 68.1 Å². The van der Waals surface area contributed by atoms with Crippen LogP contribution in [-0.4, -0.2) is 50.8 Å². The molecule has 0 saturated carbocycles. The first kappa shape index (κ1) is 23.3. The highest BCUT2D eigenvalue weighted by Gasteiger charge is 2.31. The molecule has 1 saturated heterocycles. The van der Waals surface area contributed by atoms with Gasteiger partial charge in [-0.1, -0.05) is 12.1 Å². The van der Waals surface area contributed by atoms with E-state index in [2.05, 4.69) is 23.1 Å². The Kier molecular flexibility index (Phi) is 7.86. The standard InChI is InChI=1S/C24H29F3N2O2S/c25-24(26,27)20-6-3-7-21(17-20)29-13-11-28(12-14-29)10-1-2-16-31-32-22-9-8-19-5-4-15-30-23(19)18-22/h3,6-9,17-18H,1-2,4-5,10-16H2. The van der Waals surface area contributed by atoms with Crippen molar-refractivity contribution in [2.24, 2.45) is 0 Å². The van der Waals surface area contributed by atoms with Crippen molar-refractivity contribution in [3.8, 4) is 5.75 Å². The smallest absolute Gasteiger partial charge is 0.416 e. The minimum absolute atomic E-state index is 0.585. The van der Waals surface area contributed by atoms with E-state index in [1.54, 1.807) is 6.07 Å². The fourth-order valence-corrected chi connectivity index (χ4v) is 4.70. The highest BCUT2D eigenvalue weighted by Crippen LogP contribution is 2.32. The molecule has 0 amide bonds. The number of fused-ring (bicyclic) bond motifs is 1. The van der Waals surface area contributed by atoms with Crippen molar-refractivity contribution < 1.29 is 22.1 Å². The molecule has 2 aliphatic heterocycles. The molecular weight excluding hydrogens is 437 g/mol. The van der Waals surface area contributed by atoms with Gasteiger partial charge in [0.25, 0.3) is 0 Å². The SMILES string of the molecule is FC(F)(F)c1cccc(N2CCN(CCCCOSc3ccc4c(c3)OCCC4)CC2)c1. The number of piperazine rings is 1. The van der Waals surface area contributed by atoms with Gasteiger partial charge in [-0.25, -0.2) is 0 Å². The van der Waals surface area contributed by atoms with E-state index in [0.717, 1.165) is 81.7 Å². The number of hydrogen-bond acceptors (Lipinski definition) is 5. The molecule has 2 heterocycles. The van der Waals surface area contributed by atoms with E-state index < -0.39 is 11.7 Å². The molecule has 32 heavy (non-hydrogen) atoms. The van der Waals surface area contributed by atoms with Crippen LogP contribution >= 0.6 is 12.0 Å². The summed E-state index contributed by atoms with van der Waals surface area (Å²) in [5, 5.41) is 0. The zero-order chi connectivity index (χ0) is 22.4. The monoisotopic (exact) mass is 466 g/mol. The van der Waals surface area contributed by atoms with Crippen LogP contribution in [0, 0.1) is 0 Å². The Labute approximate surface area is 191 Å². The molecule has 2 aliphatic rings. The van der Waals surface area contributed by atoms with Crippen LogP contribution in [0.15, 0.2) is 47.4 Å². The van der Waals surface area contributed by atoms with E-state index in [9.17, 15) is 13.2 Å². The van der Waals surface area contributed by atoms with Gasteiger partial charge in [0.1, 0.15) is 5.75 Å². The highest BCUT2D eigenvalue weighted by atomic mass is 32.2. The third-order valence-corrected chi connectivity index (χ3v) is 6.64. The number of hydrogen-bond donors (Lipinski definition) is 0. The number of benzene rings is 2. The van der Waals surface area contributed by atoms with Crippen LogP contribution in [0.3, 0.4) is 0 Å². The number of aryl methyl sites for hydroxylation is 1. The molecule has 1 fully saturated rings. The molecular formula is C24H29F3N2O2S. The lowest BCUT2D eigenvalue weighted by Gasteiger charge is -2.36. The van der Waals surface area contributed by atoms with Crippen LogP contribution in [-0.2, 0) is 16.8 Å². The van der Waals surface area contributed by atoms with Crippen molar-refractivity contribution in [2.75, 3.05) is 50.8 Å². The summed E-state index contributed by atoms with van der Waals surface area (Å²) in [5.41, 5.74) is 1.34. The minimum atomic E-state index is -4.30. The molecule has 174 valence electrons. The topological polar surface area (TPSA) is 24.9 Å². The number of unbranched alkanes of at least 4 members (excludes halogenated alkanes) is 1. The first-order valence-electron chi connectivity index (χ1n) is 11.2. The summed E-state index contributed by atoms with van der Waals surface area (Å²) in [7, 11) is 0. The zero-order valence-corrected chi connectivity index (χ0v) is 18.9. The third-order valence-electron chi connectivity index (χ3n) is 5.90. The van der Waals surface area contributed by atoms with Gasteiger partial charge in [0.2, 0.25) is 0 Å². The Balaban J connectivity index is 1.11. The largest absolute Gasteiger partial charge is 0.493 e. The van der Waals surface area contributed by atoms with Gasteiger partial charge in [0, 0.05) is 48.8 Å². The summed E-state index contributed by atoms with van der Waals surface area (Å²) in [6.45, 7) is 5.67. The molecule has 2 aromatic rings. The first-order chi connectivity index (χ1) is 15.5. The summed E-state index contributed by atoms with van der Waals surface area (Å²) in [4.78, 5) is 5.47. The van der Waals surface area contributed by atoms with Crippen molar-refractivity contribution in [1.82, 2.24) is 4.90 Å². The van der Waals surface area contributed by atoms with Crippen molar-refractivity contribution in [2.45, 2.75) is 36.8 Å². The van der Waals surface area contributed by atoms with Gasteiger partial charge < -0.3 is 13.8 Å². The first-order valence-corrected chi connectivity index (χ1v) is 11.9. The molecule has 0 radical (unpaired) electrons. The van der Waals surface area contributed by atoms with E-state index in [0.29, 0.717) is 12.3 Å². The number of nitrogens with zero attached hydrogens (tertiary/aromatic N) is 2. The number of anilines is 1. The van der Waals surface area contributed by atoms with E-state index in [-0.39, 0.29) is 0 Å². The molecule has 8 heteroatoms. The van der Waals surface area contributed by atoms with Gasteiger partial charge >= 0.3 is 6.18 Å². The van der Waals surface area contributed by atoms with Crippen molar-refractivity contribution in [3.63, 3.8) is 0 Å². The second-order valence-electron chi connectivity index (χ2n) is 8.21. The van der Waals surface area contributed by atoms with Crippen molar-refractivity contribution >= 4 is 17.7 Å². The number of rotatable bonds is 8. The Bertz CT molecular complexity index is 886. The van der Waals surface area contributed by atoms with E-state index >= 15 is 0 Å². The van der Waals surface area contributed by atoms with Crippen LogP contribution < -0.4 is 9.64 Å². The number of halogens is 3. The van der Waals surface area contributed by atoms with Gasteiger partial charge in [0.05, 0.1) is 18.8 Å².